The third kappa shape index (κ3) is 3.05. The van der Waals surface area contributed by atoms with Crippen LogP contribution in [0.1, 0.15) is 29.2 Å². The van der Waals surface area contributed by atoms with Crippen LogP contribution < -0.4 is 14.8 Å². The maximum absolute atomic E-state index is 12.5. The Kier molecular flexibility index (Phi) is 4.64. The quantitative estimate of drug-likeness (QED) is 0.724. The Morgan fingerprint density at radius 3 is 2.68 bits per heavy atom. The standard InChI is InChI=1S/C19H18ClN5O3/c1-10-18-13(12-8-11(27-2)4-5-14(12)28-3)9-17(26)21-19(18)25(24-10)16-7-6-15(20)22-23-16/h4-8,13H,9H2,1-3H3,(H,21,26). The van der Waals surface area contributed by atoms with Gasteiger partial charge < -0.3 is 14.8 Å². The van der Waals surface area contributed by atoms with Crippen molar-refractivity contribution < 1.29 is 14.3 Å². The van der Waals surface area contributed by atoms with Crippen LogP contribution in [0.15, 0.2) is 30.3 Å². The van der Waals surface area contributed by atoms with E-state index in [0.717, 1.165) is 16.8 Å². The first-order valence-electron chi connectivity index (χ1n) is 8.62. The Morgan fingerprint density at radius 2 is 2.00 bits per heavy atom. The number of benzene rings is 1. The van der Waals surface area contributed by atoms with E-state index in [-0.39, 0.29) is 23.4 Å². The molecule has 8 nitrogen and oxygen atoms in total. The smallest absolute Gasteiger partial charge is 0.226 e. The molecule has 0 spiro atoms. The topological polar surface area (TPSA) is 91.2 Å². The maximum Gasteiger partial charge on any atom is 0.226 e. The molecular weight excluding hydrogens is 382 g/mol. The zero-order chi connectivity index (χ0) is 19.8. The van der Waals surface area contributed by atoms with Gasteiger partial charge in [0.15, 0.2) is 11.0 Å². The molecule has 28 heavy (non-hydrogen) atoms. The normalized spacial score (nSPS) is 15.7. The summed E-state index contributed by atoms with van der Waals surface area (Å²) in [4.78, 5) is 12.5. The number of carbonyl (C=O) groups is 1. The van der Waals surface area contributed by atoms with Crippen LogP contribution in [0.2, 0.25) is 5.15 Å². The molecule has 1 aromatic carbocycles. The van der Waals surface area contributed by atoms with Gasteiger partial charge in [-0.05, 0) is 37.3 Å². The van der Waals surface area contributed by atoms with Crippen LogP contribution in [0.3, 0.4) is 0 Å². The van der Waals surface area contributed by atoms with E-state index < -0.39 is 0 Å². The zero-order valence-electron chi connectivity index (χ0n) is 15.6. The molecule has 0 aliphatic carbocycles. The van der Waals surface area contributed by atoms with Crippen LogP contribution in [0.25, 0.3) is 5.82 Å². The second-order valence-corrected chi connectivity index (χ2v) is 6.77. The second-order valence-electron chi connectivity index (χ2n) is 6.39. The largest absolute Gasteiger partial charge is 0.497 e. The van der Waals surface area contributed by atoms with E-state index in [4.69, 9.17) is 21.1 Å². The first kappa shape index (κ1) is 18.2. The fourth-order valence-corrected chi connectivity index (χ4v) is 3.61. The van der Waals surface area contributed by atoms with Gasteiger partial charge in [0.2, 0.25) is 5.91 Å². The molecule has 0 saturated heterocycles. The highest BCUT2D eigenvalue weighted by Crippen LogP contribution is 2.44. The van der Waals surface area contributed by atoms with Gasteiger partial charge in [0, 0.05) is 23.5 Å². The third-order valence-electron chi connectivity index (χ3n) is 4.75. The molecule has 4 rings (SSSR count). The summed E-state index contributed by atoms with van der Waals surface area (Å²) in [5.41, 5.74) is 2.55. The number of nitrogens with one attached hydrogen (secondary N) is 1. The molecule has 144 valence electrons. The molecule has 9 heteroatoms. The van der Waals surface area contributed by atoms with Gasteiger partial charge in [-0.3, -0.25) is 4.79 Å². The minimum absolute atomic E-state index is 0.120. The molecule has 3 heterocycles. The number of halogens is 1. The summed E-state index contributed by atoms with van der Waals surface area (Å²) in [5.74, 6) is 2.06. The molecule has 0 saturated carbocycles. The van der Waals surface area contributed by atoms with Crippen LogP contribution in [0, 0.1) is 6.92 Å². The number of fused-ring (bicyclic) bond motifs is 1. The summed E-state index contributed by atoms with van der Waals surface area (Å²) >= 11 is 5.84. The lowest BCUT2D eigenvalue weighted by Gasteiger charge is -2.25. The summed E-state index contributed by atoms with van der Waals surface area (Å²) < 4.78 is 12.5. The number of anilines is 1. The first-order valence-corrected chi connectivity index (χ1v) is 9.00. The molecule has 2 aromatic heterocycles. The van der Waals surface area contributed by atoms with Crippen molar-refractivity contribution in [3.8, 4) is 17.3 Å². The number of rotatable bonds is 4. The summed E-state index contributed by atoms with van der Waals surface area (Å²) in [6, 6.07) is 8.88. The lowest BCUT2D eigenvalue weighted by molar-refractivity contribution is -0.116. The molecule has 1 aliphatic rings. The Balaban J connectivity index is 1.89. The summed E-state index contributed by atoms with van der Waals surface area (Å²) in [5, 5.41) is 15.7. The van der Waals surface area contributed by atoms with E-state index in [9.17, 15) is 4.79 Å². The number of aryl methyl sites for hydroxylation is 1. The highest BCUT2D eigenvalue weighted by molar-refractivity contribution is 6.29. The van der Waals surface area contributed by atoms with Crippen molar-refractivity contribution in [3.05, 3.63) is 52.3 Å². The van der Waals surface area contributed by atoms with E-state index in [1.165, 1.54) is 0 Å². The fourth-order valence-electron chi connectivity index (χ4n) is 3.51. The van der Waals surface area contributed by atoms with Gasteiger partial charge in [-0.25, -0.2) is 0 Å². The number of amides is 1. The van der Waals surface area contributed by atoms with Crippen molar-refractivity contribution in [1.82, 2.24) is 20.0 Å². The van der Waals surface area contributed by atoms with Crippen molar-refractivity contribution in [2.75, 3.05) is 19.5 Å². The molecule has 1 aliphatic heterocycles. The lowest BCUT2D eigenvalue weighted by Crippen LogP contribution is -2.25. The third-order valence-corrected chi connectivity index (χ3v) is 4.95. The number of aromatic nitrogens is 4. The van der Waals surface area contributed by atoms with Crippen LogP contribution >= 0.6 is 11.6 Å². The molecule has 1 N–H and O–H groups in total. The van der Waals surface area contributed by atoms with Crippen LogP contribution in [-0.2, 0) is 4.79 Å². The van der Waals surface area contributed by atoms with Crippen LogP contribution in [0.5, 0.6) is 11.5 Å². The SMILES string of the molecule is COc1ccc(OC)c(C2CC(=O)Nc3c2c(C)nn3-c2ccc(Cl)nn2)c1. The average molecular weight is 400 g/mol. The number of methoxy groups -OCH3 is 2. The Morgan fingerprint density at radius 1 is 1.18 bits per heavy atom. The molecule has 1 atom stereocenters. The van der Waals surface area contributed by atoms with Crippen molar-refractivity contribution in [2.45, 2.75) is 19.3 Å². The number of carbonyl (C=O) groups excluding carboxylic acids is 1. The molecular formula is C19H18ClN5O3. The monoisotopic (exact) mass is 399 g/mol. The second kappa shape index (κ2) is 7.12. The maximum atomic E-state index is 12.5. The number of hydrogen-bond donors (Lipinski definition) is 1. The number of nitrogens with zero attached hydrogens (tertiary/aromatic N) is 4. The Labute approximate surface area is 166 Å². The van der Waals surface area contributed by atoms with Gasteiger partial charge in [0.05, 0.1) is 19.9 Å². The predicted molar refractivity (Wildman–Crippen MR) is 104 cm³/mol. The number of ether oxygens (including phenoxy) is 2. The minimum atomic E-state index is -0.234. The lowest BCUT2D eigenvalue weighted by atomic mass is 9.85. The Hall–Kier alpha value is -3.13. The molecule has 3 aromatic rings. The summed E-state index contributed by atoms with van der Waals surface area (Å²) in [6.45, 7) is 1.90. The molecule has 0 bridgehead atoms. The van der Waals surface area contributed by atoms with Crippen molar-refractivity contribution in [1.29, 1.82) is 0 Å². The fraction of sp³-hybridized carbons (Fsp3) is 0.263. The van der Waals surface area contributed by atoms with Crippen molar-refractivity contribution in [2.24, 2.45) is 0 Å². The van der Waals surface area contributed by atoms with Crippen LogP contribution in [-0.4, -0.2) is 40.1 Å². The number of hydrogen-bond acceptors (Lipinski definition) is 6. The molecule has 1 amide bonds. The van der Waals surface area contributed by atoms with E-state index in [2.05, 4.69) is 20.6 Å². The average Bonchev–Trinajstić information content (AvgIpc) is 3.03. The van der Waals surface area contributed by atoms with Gasteiger partial charge >= 0.3 is 0 Å². The molecule has 0 fully saturated rings. The van der Waals surface area contributed by atoms with E-state index in [1.54, 1.807) is 31.0 Å². The molecule has 0 radical (unpaired) electrons. The van der Waals surface area contributed by atoms with E-state index in [1.807, 2.05) is 25.1 Å². The van der Waals surface area contributed by atoms with Gasteiger partial charge in [0.25, 0.3) is 0 Å². The highest BCUT2D eigenvalue weighted by Gasteiger charge is 2.34. The van der Waals surface area contributed by atoms with Crippen molar-refractivity contribution >= 4 is 23.3 Å². The predicted octanol–water partition coefficient (Wildman–Crippen LogP) is 3.12. The highest BCUT2D eigenvalue weighted by atomic mass is 35.5. The zero-order valence-corrected chi connectivity index (χ0v) is 16.3. The van der Waals surface area contributed by atoms with E-state index >= 15 is 0 Å². The molecule has 1 unspecified atom stereocenters. The van der Waals surface area contributed by atoms with Gasteiger partial charge in [0.1, 0.15) is 17.3 Å². The van der Waals surface area contributed by atoms with E-state index in [0.29, 0.717) is 23.1 Å². The van der Waals surface area contributed by atoms with Gasteiger partial charge in [-0.2, -0.15) is 9.78 Å². The first-order chi connectivity index (χ1) is 13.5. The van der Waals surface area contributed by atoms with Gasteiger partial charge in [-0.15, -0.1) is 10.2 Å². The Bertz CT molecular complexity index is 1050. The minimum Gasteiger partial charge on any atom is -0.497 e. The summed E-state index contributed by atoms with van der Waals surface area (Å²) in [7, 11) is 3.21. The van der Waals surface area contributed by atoms with Gasteiger partial charge in [-0.1, -0.05) is 11.6 Å². The van der Waals surface area contributed by atoms with Crippen LogP contribution in [0.4, 0.5) is 5.82 Å². The van der Waals surface area contributed by atoms with Crippen molar-refractivity contribution in [3.63, 3.8) is 0 Å². The summed E-state index contributed by atoms with van der Waals surface area (Å²) in [6.07, 6.45) is 0.273.